The number of rotatable bonds is 5. The highest BCUT2D eigenvalue weighted by atomic mass is 16.1. The van der Waals surface area contributed by atoms with E-state index in [0.717, 1.165) is 23.9 Å². The van der Waals surface area contributed by atoms with Crippen LogP contribution in [-0.2, 0) is 0 Å². The Labute approximate surface area is 108 Å². The van der Waals surface area contributed by atoms with Crippen molar-refractivity contribution in [1.82, 2.24) is 5.32 Å². The fourth-order valence-corrected chi connectivity index (χ4v) is 2.25. The van der Waals surface area contributed by atoms with Gasteiger partial charge in [-0.25, -0.2) is 0 Å². The van der Waals surface area contributed by atoms with E-state index < -0.39 is 0 Å². The molecule has 0 aliphatic carbocycles. The Bertz CT molecular complexity index is 548. The summed E-state index contributed by atoms with van der Waals surface area (Å²) in [5.41, 5.74) is 0.816. The molecule has 0 aliphatic heterocycles. The van der Waals surface area contributed by atoms with E-state index >= 15 is 0 Å². The molecular weight excluding hydrogens is 222 g/mol. The molecule has 0 radical (unpaired) electrons. The Morgan fingerprint density at radius 2 is 1.89 bits per heavy atom. The highest BCUT2D eigenvalue weighted by molar-refractivity contribution is 6.01. The van der Waals surface area contributed by atoms with E-state index in [-0.39, 0.29) is 11.7 Å². The van der Waals surface area contributed by atoms with Crippen LogP contribution in [0.2, 0.25) is 0 Å². The minimum absolute atomic E-state index is 0.0659. The maximum Gasteiger partial charge on any atom is 0.167 e. The zero-order chi connectivity index (χ0) is 13.0. The molecule has 0 amide bonds. The summed E-state index contributed by atoms with van der Waals surface area (Å²) in [4.78, 5) is 12.4. The predicted octanol–water partition coefficient (Wildman–Crippen LogP) is 3.27. The van der Waals surface area contributed by atoms with E-state index in [4.69, 9.17) is 0 Å². The van der Waals surface area contributed by atoms with Gasteiger partial charge in [0, 0.05) is 18.0 Å². The second kappa shape index (κ2) is 5.78. The van der Waals surface area contributed by atoms with Crippen molar-refractivity contribution in [3.8, 4) is 0 Å². The fourth-order valence-electron chi connectivity index (χ4n) is 2.25. The second-order valence-corrected chi connectivity index (χ2v) is 4.59. The van der Waals surface area contributed by atoms with Crippen LogP contribution < -0.4 is 5.32 Å². The summed E-state index contributed by atoms with van der Waals surface area (Å²) in [5, 5.41) is 5.39. The topological polar surface area (TPSA) is 29.1 Å². The quantitative estimate of drug-likeness (QED) is 0.814. The van der Waals surface area contributed by atoms with Crippen LogP contribution in [0.25, 0.3) is 10.8 Å². The van der Waals surface area contributed by atoms with Gasteiger partial charge in [-0.1, -0.05) is 43.3 Å². The molecule has 0 heterocycles. The lowest BCUT2D eigenvalue weighted by atomic mass is 9.94. The van der Waals surface area contributed by atoms with Crippen molar-refractivity contribution in [3.63, 3.8) is 0 Å². The van der Waals surface area contributed by atoms with E-state index in [0.29, 0.717) is 0 Å². The number of hydrogen-bond donors (Lipinski definition) is 1. The van der Waals surface area contributed by atoms with Gasteiger partial charge >= 0.3 is 0 Å². The highest BCUT2D eigenvalue weighted by Crippen LogP contribution is 2.19. The summed E-state index contributed by atoms with van der Waals surface area (Å²) in [6.45, 7) is 2.79. The largest absolute Gasteiger partial charge is 0.319 e. The number of carbonyl (C=O) groups is 1. The van der Waals surface area contributed by atoms with Crippen LogP contribution >= 0.6 is 0 Å². The smallest absolute Gasteiger partial charge is 0.167 e. The number of carbonyl (C=O) groups excluding carboxylic acids is 1. The summed E-state index contributed by atoms with van der Waals surface area (Å²) in [5.74, 6) is 0.300. The van der Waals surface area contributed by atoms with Gasteiger partial charge in [-0.05, 0) is 30.3 Å². The minimum atomic E-state index is 0.0659. The molecular formula is C16H19NO. The van der Waals surface area contributed by atoms with E-state index in [1.165, 1.54) is 5.39 Å². The lowest BCUT2D eigenvalue weighted by molar-refractivity contribution is 0.0917. The van der Waals surface area contributed by atoms with Gasteiger partial charge in [-0.3, -0.25) is 4.79 Å². The normalized spacial score (nSPS) is 12.6. The third-order valence-corrected chi connectivity index (χ3v) is 3.35. The molecule has 0 saturated carbocycles. The number of nitrogens with one attached hydrogen (secondary N) is 1. The zero-order valence-electron chi connectivity index (χ0n) is 10.9. The van der Waals surface area contributed by atoms with Gasteiger partial charge in [-0.2, -0.15) is 0 Å². The van der Waals surface area contributed by atoms with Crippen LogP contribution in [0.5, 0.6) is 0 Å². The van der Waals surface area contributed by atoms with Crippen molar-refractivity contribution in [2.45, 2.75) is 13.3 Å². The van der Waals surface area contributed by atoms with Crippen LogP contribution in [0, 0.1) is 5.92 Å². The average molecular weight is 241 g/mol. The average Bonchev–Trinajstić information content (AvgIpc) is 2.43. The van der Waals surface area contributed by atoms with Crippen molar-refractivity contribution in [1.29, 1.82) is 0 Å². The molecule has 1 N–H and O–H groups in total. The molecule has 2 rings (SSSR count). The Hall–Kier alpha value is -1.67. The molecule has 0 fully saturated rings. The molecule has 0 aromatic heterocycles. The molecule has 0 aliphatic rings. The van der Waals surface area contributed by atoms with E-state index in [2.05, 4.69) is 18.3 Å². The number of hydrogen-bond acceptors (Lipinski definition) is 2. The predicted molar refractivity (Wildman–Crippen MR) is 76.0 cm³/mol. The van der Waals surface area contributed by atoms with Crippen LogP contribution in [0.15, 0.2) is 42.5 Å². The van der Waals surface area contributed by atoms with Crippen molar-refractivity contribution < 1.29 is 4.79 Å². The first-order chi connectivity index (χ1) is 8.76. The molecule has 2 aromatic carbocycles. The first-order valence-corrected chi connectivity index (χ1v) is 6.44. The molecule has 2 aromatic rings. The number of ketones is 1. The van der Waals surface area contributed by atoms with Crippen molar-refractivity contribution in [3.05, 3.63) is 48.0 Å². The lowest BCUT2D eigenvalue weighted by Crippen LogP contribution is -2.25. The molecule has 1 unspecified atom stereocenters. The van der Waals surface area contributed by atoms with Gasteiger partial charge in [0.15, 0.2) is 5.78 Å². The molecule has 0 bridgehead atoms. The van der Waals surface area contributed by atoms with Crippen molar-refractivity contribution in [2.24, 2.45) is 5.92 Å². The minimum Gasteiger partial charge on any atom is -0.319 e. The standard InChI is InChI=1S/C16H19NO/c1-3-12(11-17-2)16(18)15-9-8-13-6-4-5-7-14(13)10-15/h4-10,12,17H,3,11H2,1-2H3. The maximum absolute atomic E-state index is 12.4. The Balaban J connectivity index is 2.32. The zero-order valence-corrected chi connectivity index (χ0v) is 10.9. The van der Waals surface area contributed by atoms with Gasteiger partial charge in [0.2, 0.25) is 0 Å². The van der Waals surface area contributed by atoms with Crippen LogP contribution in [0.3, 0.4) is 0 Å². The summed E-state index contributed by atoms with van der Waals surface area (Å²) in [6, 6.07) is 14.1. The van der Waals surface area contributed by atoms with Gasteiger partial charge in [0.1, 0.15) is 0 Å². The molecule has 0 spiro atoms. The SMILES string of the molecule is CCC(CNC)C(=O)c1ccc2ccccc2c1. The monoisotopic (exact) mass is 241 g/mol. The second-order valence-electron chi connectivity index (χ2n) is 4.59. The molecule has 1 atom stereocenters. The first kappa shape index (κ1) is 12.8. The van der Waals surface area contributed by atoms with Gasteiger partial charge < -0.3 is 5.32 Å². The summed E-state index contributed by atoms with van der Waals surface area (Å²) in [7, 11) is 1.89. The third kappa shape index (κ3) is 2.59. The lowest BCUT2D eigenvalue weighted by Gasteiger charge is -2.13. The summed E-state index contributed by atoms with van der Waals surface area (Å²) in [6.07, 6.45) is 0.868. The maximum atomic E-state index is 12.4. The molecule has 18 heavy (non-hydrogen) atoms. The summed E-state index contributed by atoms with van der Waals surface area (Å²) < 4.78 is 0. The van der Waals surface area contributed by atoms with E-state index in [1.54, 1.807) is 0 Å². The van der Waals surface area contributed by atoms with Crippen LogP contribution in [-0.4, -0.2) is 19.4 Å². The Morgan fingerprint density at radius 3 is 2.56 bits per heavy atom. The molecule has 2 heteroatoms. The van der Waals surface area contributed by atoms with Crippen LogP contribution in [0.1, 0.15) is 23.7 Å². The van der Waals surface area contributed by atoms with E-state index in [9.17, 15) is 4.79 Å². The van der Waals surface area contributed by atoms with Gasteiger partial charge in [0.05, 0.1) is 0 Å². The Morgan fingerprint density at radius 1 is 1.17 bits per heavy atom. The Kier molecular flexibility index (Phi) is 4.11. The van der Waals surface area contributed by atoms with Crippen molar-refractivity contribution in [2.75, 3.05) is 13.6 Å². The summed E-state index contributed by atoms with van der Waals surface area (Å²) >= 11 is 0. The first-order valence-electron chi connectivity index (χ1n) is 6.44. The van der Waals surface area contributed by atoms with E-state index in [1.807, 2.05) is 43.4 Å². The van der Waals surface area contributed by atoms with Crippen LogP contribution in [0.4, 0.5) is 0 Å². The number of benzene rings is 2. The van der Waals surface area contributed by atoms with Crippen molar-refractivity contribution >= 4 is 16.6 Å². The van der Waals surface area contributed by atoms with Gasteiger partial charge in [-0.15, -0.1) is 0 Å². The highest BCUT2D eigenvalue weighted by Gasteiger charge is 2.17. The third-order valence-electron chi connectivity index (χ3n) is 3.35. The fraction of sp³-hybridized carbons (Fsp3) is 0.312. The molecule has 2 nitrogen and oxygen atoms in total. The molecule has 0 saturated heterocycles. The molecule has 94 valence electrons. The van der Waals surface area contributed by atoms with Gasteiger partial charge in [0.25, 0.3) is 0 Å². The number of fused-ring (bicyclic) bond motifs is 1. The number of Topliss-reactive ketones (excluding diaryl/α,β-unsaturated/α-hetero) is 1.